The highest BCUT2D eigenvalue weighted by Gasteiger charge is 2.24. The van der Waals surface area contributed by atoms with Gasteiger partial charge in [0.2, 0.25) is 5.89 Å². The Labute approximate surface area is 103 Å². The molecule has 1 fully saturated rings. The van der Waals surface area contributed by atoms with E-state index in [1.165, 1.54) is 12.8 Å². The molecule has 1 N–H and O–H groups in total. The van der Waals surface area contributed by atoms with Crippen molar-refractivity contribution in [1.29, 1.82) is 0 Å². The van der Waals surface area contributed by atoms with E-state index in [-0.39, 0.29) is 5.54 Å². The summed E-state index contributed by atoms with van der Waals surface area (Å²) in [4.78, 5) is 2.05. The highest BCUT2D eigenvalue weighted by atomic mass is 16.4. The molecule has 0 bridgehead atoms. The van der Waals surface area contributed by atoms with E-state index in [0.29, 0.717) is 18.5 Å². The highest BCUT2D eigenvalue weighted by molar-refractivity contribution is 5.22. The topological polar surface area (TPSA) is 54.2 Å². The lowest BCUT2D eigenvalue weighted by molar-refractivity contribution is 0.381. The Bertz CT molecular complexity index is 365. The quantitative estimate of drug-likeness (QED) is 0.847. The van der Waals surface area contributed by atoms with Gasteiger partial charge < -0.3 is 14.6 Å². The Kier molecular flexibility index (Phi) is 3.38. The maximum absolute atomic E-state index is 5.61. The van der Waals surface area contributed by atoms with Crippen molar-refractivity contribution in [3.63, 3.8) is 0 Å². The van der Waals surface area contributed by atoms with Crippen LogP contribution in [-0.2, 0) is 6.54 Å². The summed E-state index contributed by atoms with van der Waals surface area (Å²) in [6.07, 6.45) is 2.66. The van der Waals surface area contributed by atoms with Gasteiger partial charge in [-0.2, -0.15) is 0 Å². The van der Waals surface area contributed by atoms with Crippen molar-refractivity contribution in [2.75, 3.05) is 18.5 Å². The molecule has 1 aromatic heterocycles. The minimum atomic E-state index is 0.0640. The fraction of sp³-hybridized carbons (Fsp3) is 0.833. The van der Waals surface area contributed by atoms with Crippen LogP contribution in [0.3, 0.4) is 0 Å². The van der Waals surface area contributed by atoms with Crippen LogP contribution in [0.1, 0.15) is 39.5 Å². The van der Waals surface area contributed by atoms with Crippen molar-refractivity contribution in [3.05, 3.63) is 5.89 Å². The van der Waals surface area contributed by atoms with E-state index in [4.69, 9.17) is 4.42 Å². The van der Waals surface area contributed by atoms with Crippen LogP contribution in [0, 0.1) is 5.92 Å². The van der Waals surface area contributed by atoms with Crippen LogP contribution in [0.4, 0.5) is 6.01 Å². The molecular weight excluding hydrogens is 216 g/mol. The van der Waals surface area contributed by atoms with Crippen LogP contribution in [0.5, 0.6) is 0 Å². The number of nitrogens with one attached hydrogen (secondary N) is 1. The lowest BCUT2D eigenvalue weighted by Crippen LogP contribution is -2.35. The van der Waals surface area contributed by atoms with E-state index in [1.54, 1.807) is 0 Å². The summed E-state index contributed by atoms with van der Waals surface area (Å²) in [6, 6.07) is 0.627. The standard InChI is InChI=1S/C12H22N4O/c1-12(2,3)13-7-10-14-15-11(17-10)16(4)8-9-5-6-9/h9,13H,5-8H2,1-4H3. The van der Waals surface area contributed by atoms with E-state index < -0.39 is 0 Å². The maximum atomic E-state index is 5.61. The van der Waals surface area contributed by atoms with Gasteiger partial charge in [0.25, 0.3) is 0 Å². The molecule has 0 atom stereocenters. The number of nitrogens with zero attached hydrogens (tertiary/aromatic N) is 3. The van der Waals surface area contributed by atoms with Crippen LogP contribution < -0.4 is 10.2 Å². The van der Waals surface area contributed by atoms with Gasteiger partial charge >= 0.3 is 6.01 Å². The Morgan fingerprint density at radius 3 is 2.65 bits per heavy atom. The van der Waals surface area contributed by atoms with Gasteiger partial charge in [-0.25, -0.2) is 0 Å². The molecule has 0 amide bonds. The average molecular weight is 238 g/mol. The molecule has 0 spiro atoms. The van der Waals surface area contributed by atoms with Gasteiger partial charge in [0.15, 0.2) is 0 Å². The number of hydrogen-bond acceptors (Lipinski definition) is 5. The minimum Gasteiger partial charge on any atom is -0.407 e. The Morgan fingerprint density at radius 2 is 2.06 bits per heavy atom. The van der Waals surface area contributed by atoms with Crippen LogP contribution in [-0.4, -0.2) is 29.3 Å². The second kappa shape index (κ2) is 4.64. The summed E-state index contributed by atoms with van der Waals surface area (Å²) < 4.78 is 5.61. The van der Waals surface area contributed by atoms with Gasteiger partial charge in [-0.15, -0.1) is 5.10 Å². The number of rotatable bonds is 5. The summed E-state index contributed by atoms with van der Waals surface area (Å²) >= 11 is 0. The maximum Gasteiger partial charge on any atom is 0.317 e. The zero-order valence-corrected chi connectivity index (χ0v) is 11.2. The van der Waals surface area contributed by atoms with Crippen molar-refractivity contribution in [1.82, 2.24) is 15.5 Å². The molecule has 1 heterocycles. The molecule has 0 unspecified atom stereocenters. The average Bonchev–Trinajstić information content (AvgIpc) is 2.91. The first-order valence-corrected chi connectivity index (χ1v) is 6.22. The minimum absolute atomic E-state index is 0.0640. The van der Waals surface area contributed by atoms with Crippen molar-refractivity contribution in [3.8, 4) is 0 Å². The van der Waals surface area contributed by atoms with Crippen LogP contribution in [0.25, 0.3) is 0 Å². The number of anilines is 1. The van der Waals surface area contributed by atoms with Crippen LogP contribution >= 0.6 is 0 Å². The molecule has 0 aliphatic heterocycles. The van der Waals surface area contributed by atoms with E-state index in [9.17, 15) is 0 Å². The molecule has 2 rings (SSSR count). The third kappa shape index (κ3) is 4.00. The molecule has 96 valence electrons. The van der Waals surface area contributed by atoms with E-state index in [0.717, 1.165) is 12.5 Å². The number of aromatic nitrogens is 2. The molecule has 0 saturated heterocycles. The fourth-order valence-corrected chi connectivity index (χ4v) is 1.58. The second-order valence-corrected chi connectivity index (χ2v) is 5.91. The van der Waals surface area contributed by atoms with Gasteiger partial charge in [-0.05, 0) is 39.5 Å². The van der Waals surface area contributed by atoms with E-state index in [1.807, 2.05) is 11.9 Å². The summed E-state index contributed by atoms with van der Waals surface area (Å²) in [7, 11) is 2.01. The lowest BCUT2D eigenvalue weighted by Gasteiger charge is -2.18. The lowest BCUT2D eigenvalue weighted by atomic mass is 10.1. The first kappa shape index (κ1) is 12.4. The molecule has 5 nitrogen and oxygen atoms in total. The molecule has 17 heavy (non-hydrogen) atoms. The first-order chi connectivity index (χ1) is 7.94. The summed E-state index contributed by atoms with van der Waals surface area (Å²) in [6.45, 7) is 7.98. The van der Waals surface area contributed by atoms with Gasteiger partial charge in [-0.3, -0.25) is 0 Å². The molecule has 1 aliphatic carbocycles. The highest BCUT2D eigenvalue weighted by Crippen LogP contribution is 2.30. The molecule has 1 saturated carbocycles. The molecule has 0 radical (unpaired) electrons. The number of hydrogen-bond donors (Lipinski definition) is 1. The Hall–Kier alpha value is -1.10. The van der Waals surface area contributed by atoms with Gasteiger partial charge in [0.05, 0.1) is 6.54 Å². The molecular formula is C12H22N4O. The first-order valence-electron chi connectivity index (χ1n) is 6.22. The normalized spacial score (nSPS) is 16.2. The molecule has 0 aromatic carbocycles. The fourth-order valence-electron chi connectivity index (χ4n) is 1.58. The zero-order chi connectivity index (χ0) is 12.5. The van der Waals surface area contributed by atoms with Crippen molar-refractivity contribution >= 4 is 6.01 Å². The summed E-state index contributed by atoms with van der Waals surface area (Å²) in [5.41, 5.74) is 0.0640. The van der Waals surface area contributed by atoms with Crippen molar-refractivity contribution in [2.45, 2.75) is 45.7 Å². The smallest absolute Gasteiger partial charge is 0.317 e. The third-order valence-corrected chi connectivity index (χ3v) is 2.78. The molecule has 1 aromatic rings. The monoisotopic (exact) mass is 238 g/mol. The van der Waals surface area contributed by atoms with E-state index in [2.05, 4.69) is 36.3 Å². The van der Waals surface area contributed by atoms with Crippen LogP contribution in [0.2, 0.25) is 0 Å². The van der Waals surface area contributed by atoms with Gasteiger partial charge in [0, 0.05) is 19.1 Å². The van der Waals surface area contributed by atoms with E-state index >= 15 is 0 Å². The zero-order valence-electron chi connectivity index (χ0n) is 11.2. The second-order valence-electron chi connectivity index (χ2n) is 5.91. The van der Waals surface area contributed by atoms with Gasteiger partial charge in [0.1, 0.15) is 0 Å². The largest absolute Gasteiger partial charge is 0.407 e. The van der Waals surface area contributed by atoms with Crippen molar-refractivity contribution < 1.29 is 4.42 Å². The Balaban J connectivity index is 1.86. The third-order valence-electron chi connectivity index (χ3n) is 2.78. The van der Waals surface area contributed by atoms with Crippen molar-refractivity contribution in [2.24, 2.45) is 5.92 Å². The predicted molar refractivity (Wildman–Crippen MR) is 66.9 cm³/mol. The van der Waals surface area contributed by atoms with Gasteiger partial charge in [-0.1, -0.05) is 5.10 Å². The Morgan fingerprint density at radius 1 is 1.35 bits per heavy atom. The summed E-state index contributed by atoms with van der Waals surface area (Å²) in [5.74, 6) is 1.47. The SMILES string of the molecule is CN(CC1CC1)c1nnc(CNC(C)(C)C)o1. The predicted octanol–water partition coefficient (Wildman–Crippen LogP) is 1.80. The summed E-state index contributed by atoms with van der Waals surface area (Å²) in [5, 5.41) is 11.4. The molecule has 5 heteroatoms. The molecule has 1 aliphatic rings. The van der Waals surface area contributed by atoms with Crippen LogP contribution in [0.15, 0.2) is 4.42 Å².